The quantitative estimate of drug-likeness (QED) is 0.520. The minimum absolute atomic E-state index is 0.0666. The van der Waals surface area contributed by atoms with E-state index in [1.165, 1.54) is 0 Å². The van der Waals surface area contributed by atoms with Crippen LogP contribution < -0.4 is 0 Å². The zero-order valence-electron chi connectivity index (χ0n) is 12.4. The fraction of sp³-hybridized carbons (Fsp3) is 0.857. The Hall–Kier alpha value is -1.06. The highest BCUT2D eigenvalue weighted by atomic mass is 16.6. The van der Waals surface area contributed by atoms with Gasteiger partial charge >= 0.3 is 11.9 Å². The largest absolute Gasteiger partial charge is 0.465 e. The summed E-state index contributed by atoms with van der Waals surface area (Å²) < 4.78 is 10.0. The molecule has 0 aromatic carbocycles. The van der Waals surface area contributed by atoms with Gasteiger partial charge in [0.25, 0.3) is 0 Å². The Labute approximate surface area is 110 Å². The minimum atomic E-state index is -0.815. The van der Waals surface area contributed by atoms with E-state index in [0.29, 0.717) is 0 Å². The Bertz CT molecular complexity index is 245. The van der Waals surface area contributed by atoms with Gasteiger partial charge in [0.2, 0.25) is 0 Å². The number of rotatable bonds is 7. The van der Waals surface area contributed by atoms with Gasteiger partial charge in [0.15, 0.2) is 5.92 Å². The number of carbonyl (C=O) groups excluding carboxylic acids is 2. The third kappa shape index (κ3) is 4.67. The summed E-state index contributed by atoms with van der Waals surface area (Å²) in [7, 11) is 0. The average Bonchev–Trinajstić information content (AvgIpc) is 2.24. The van der Waals surface area contributed by atoms with Gasteiger partial charge in [0.05, 0.1) is 13.2 Å². The number of carbonyl (C=O) groups is 2. The zero-order chi connectivity index (χ0) is 14.3. The van der Waals surface area contributed by atoms with E-state index < -0.39 is 17.9 Å². The van der Waals surface area contributed by atoms with Crippen molar-refractivity contribution in [2.24, 2.45) is 23.7 Å². The van der Waals surface area contributed by atoms with Crippen molar-refractivity contribution in [1.29, 1.82) is 0 Å². The summed E-state index contributed by atoms with van der Waals surface area (Å²) in [5.41, 5.74) is 0. The van der Waals surface area contributed by atoms with Gasteiger partial charge in [-0.1, -0.05) is 27.7 Å². The number of esters is 2. The smallest absolute Gasteiger partial charge is 0.320 e. The van der Waals surface area contributed by atoms with Gasteiger partial charge < -0.3 is 9.47 Å². The summed E-state index contributed by atoms with van der Waals surface area (Å²) in [6, 6.07) is 0. The van der Waals surface area contributed by atoms with Gasteiger partial charge in [-0.3, -0.25) is 9.59 Å². The maximum atomic E-state index is 12.0. The third-order valence-electron chi connectivity index (χ3n) is 3.01. The van der Waals surface area contributed by atoms with Crippen molar-refractivity contribution in [3.8, 4) is 0 Å². The number of hydrogen-bond donors (Lipinski definition) is 0. The predicted molar refractivity (Wildman–Crippen MR) is 69.9 cm³/mol. The molecule has 0 aromatic heterocycles. The van der Waals surface area contributed by atoms with Crippen LogP contribution in [0.4, 0.5) is 0 Å². The van der Waals surface area contributed by atoms with E-state index >= 15 is 0 Å². The second kappa shape index (κ2) is 8.11. The highest BCUT2D eigenvalue weighted by Crippen LogP contribution is 2.30. The Morgan fingerprint density at radius 2 is 1.17 bits per heavy atom. The van der Waals surface area contributed by atoms with Crippen molar-refractivity contribution < 1.29 is 19.1 Å². The SMILES string of the molecule is CCOC(=O)C(C(=O)OCC)C(C(C)C)C(C)C. The molecule has 0 heterocycles. The monoisotopic (exact) mass is 258 g/mol. The van der Waals surface area contributed by atoms with Gasteiger partial charge in [-0.15, -0.1) is 0 Å². The normalized spacial score (nSPS) is 11.4. The second-order valence-corrected chi connectivity index (χ2v) is 5.05. The van der Waals surface area contributed by atoms with Crippen molar-refractivity contribution in [3.05, 3.63) is 0 Å². The lowest BCUT2D eigenvalue weighted by Crippen LogP contribution is -2.39. The summed E-state index contributed by atoms with van der Waals surface area (Å²) in [5, 5.41) is 0. The minimum Gasteiger partial charge on any atom is -0.465 e. The van der Waals surface area contributed by atoms with Gasteiger partial charge in [-0.2, -0.15) is 0 Å². The first kappa shape index (κ1) is 16.9. The van der Waals surface area contributed by atoms with Crippen LogP contribution in [0.2, 0.25) is 0 Å². The van der Waals surface area contributed by atoms with Gasteiger partial charge in [0.1, 0.15) is 0 Å². The third-order valence-corrected chi connectivity index (χ3v) is 3.01. The van der Waals surface area contributed by atoms with Crippen molar-refractivity contribution in [2.75, 3.05) is 13.2 Å². The number of ether oxygens (including phenoxy) is 2. The molecule has 0 radical (unpaired) electrons. The lowest BCUT2D eigenvalue weighted by Gasteiger charge is -2.30. The van der Waals surface area contributed by atoms with Crippen LogP contribution in [-0.4, -0.2) is 25.2 Å². The molecule has 0 saturated heterocycles. The van der Waals surface area contributed by atoms with Crippen LogP contribution >= 0.6 is 0 Å². The molecule has 0 rings (SSSR count). The molecule has 0 aromatic rings. The lowest BCUT2D eigenvalue weighted by molar-refractivity contribution is -0.166. The van der Waals surface area contributed by atoms with E-state index in [-0.39, 0.29) is 31.0 Å². The molecule has 0 aliphatic rings. The molecule has 18 heavy (non-hydrogen) atoms. The van der Waals surface area contributed by atoms with Crippen LogP contribution in [0.5, 0.6) is 0 Å². The fourth-order valence-corrected chi connectivity index (χ4v) is 2.41. The molecule has 0 spiro atoms. The van der Waals surface area contributed by atoms with Crippen LogP contribution in [0.3, 0.4) is 0 Å². The van der Waals surface area contributed by atoms with Crippen LogP contribution in [-0.2, 0) is 19.1 Å². The van der Waals surface area contributed by atoms with E-state index in [1.54, 1.807) is 13.8 Å². The van der Waals surface area contributed by atoms with Crippen molar-refractivity contribution in [2.45, 2.75) is 41.5 Å². The van der Waals surface area contributed by atoms with E-state index in [0.717, 1.165) is 0 Å². The molecule has 0 amide bonds. The first-order valence-electron chi connectivity index (χ1n) is 6.69. The van der Waals surface area contributed by atoms with Gasteiger partial charge in [-0.05, 0) is 31.6 Å². The summed E-state index contributed by atoms with van der Waals surface area (Å²) in [5.74, 6) is -1.40. The lowest BCUT2D eigenvalue weighted by atomic mass is 9.76. The first-order chi connectivity index (χ1) is 8.36. The summed E-state index contributed by atoms with van der Waals surface area (Å²) in [6.45, 7) is 12.1. The first-order valence-corrected chi connectivity index (χ1v) is 6.69. The Morgan fingerprint density at radius 1 is 0.833 bits per heavy atom. The maximum Gasteiger partial charge on any atom is 0.320 e. The van der Waals surface area contributed by atoms with E-state index in [9.17, 15) is 9.59 Å². The average molecular weight is 258 g/mol. The predicted octanol–water partition coefficient (Wildman–Crippen LogP) is 2.66. The molecule has 4 heteroatoms. The Balaban J connectivity index is 5.15. The van der Waals surface area contributed by atoms with Gasteiger partial charge in [0, 0.05) is 0 Å². The van der Waals surface area contributed by atoms with Crippen LogP contribution in [0.25, 0.3) is 0 Å². The molecule has 4 nitrogen and oxygen atoms in total. The molecule has 0 aliphatic heterocycles. The molecule has 0 fully saturated rings. The van der Waals surface area contributed by atoms with E-state index in [2.05, 4.69) is 0 Å². The number of hydrogen-bond acceptors (Lipinski definition) is 4. The van der Waals surface area contributed by atoms with Crippen molar-refractivity contribution in [1.82, 2.24) is 0 Å². The van der Waals surface area contributed by atoms with Crippen LogP contribution in [0, 0.1) is 23.7 Å². The molecule has 0 atom stereocenters. The standard InChI is InChI=1S/C14H26O4/c1-7-17-13(15)12(14(16)18-8-2)11(9(3)4)10(5)6/h9-12H,7-8H2,1-6H3. The van der Waals surface area contributed by atoms with Crippen molar-refractivity contribution in [3.63, 3.8) is 0 Å². The Morgan fingerprint density at radius 3 is 1.39 bits per heavy atom. The zero-order valence-corrected chi connectivity index (χ0v) is 12.4. The van der Waals surface area contributed by atoms with E-state index in [1.807, 2.05) is 27.7 Å². The molecular formula is C14H26O4. The summed E-state index contributed by atoms with van der Waals surface area (Å²) in [4.78, 5) is 24.0. The molecular weight excluding hydrogens is 232 g/mol. The van der Waals surface area contributed by atoms with E-state index in [4.69, 9.17) is 9.47 Å². The molecule has 0 unspecified atom stereocenters. The topological polar surface area (TPSA) is 52.6 Å². The Kier molecular flexibility index (Phi) is 7.64. The molecule has 106 valence electrons. The molecule has 0 N–H and O–H groups in total. The summed E-state index contributed by atoms with van der Waals surface area (Å²) >= 11 is 0. The van der Waals surface area contributed by atoms with Crippen molar-refractivity contribution >= 4 is 11.9 Å². The fourth-order valence-electron chi connectivity index (χ4n) is 2.41. The molecule has 0 saturated carbocycles. The summed E-state index contributed by atoms with van der Waals surface area (Å²) in [6.07, 6.45) is 0. The van der Waals surface area contributed by atoms with Gasteiger partial charge in [-0.25, -0.2) is 0 Å². The highest BCUT2D eigenvalue weighted by Gasteiger charge is 2.40. The molecule has 0 bridgehead atoms. The van der Waals surface area contributed by atoms with Crippen LogP contribution in [0.1, 0.15) is 41.5 Å². The second-order valence-electron chi connectivity index (χ2n) is 5.05. The maximum absolute atomic E-state index is 12.0. The van der Waals surface area contributed by atoms with Crippen LogP contribution in [0.15, 0.2) is 0 Å². The highest BCUT2D eigenvalue weighted by molar-refractivity contribution is 5.95. The molecule has 0 aliphatic carbocycles.